The molecule has 0 aromatic heterocycles. The van der Waals surface area contributed by atoms with Gasteiger partial charge in [0.25, 0.3) is 0 Å². The van der Waals surface area contributed by atoms with Gasteiger partial charge in [0, 0.05) is 3.57 Å². The second kappa shape index (κ2) is 6.07. The molecule has 82 valence electrons. The minimum Gasteiger partial charge on any atom is -0.465 e. The summed E-state index contributed by atoms with van der Waals surface area (Å²) in [6.07, 6.45) is 0.524. The number of nitrogens with two attached hydrogens (primary N) is 1. The molecule has 15 heavy (non-hydrogen) atoms. The van der Waals surface area contributed by atoms with Crippen molar-refractivity contribution in [3.05, 3.63) is 33.4 Å². The Morgan fingerprint density at radius 3 is 2.60 bits per heavy atom. The Hall–Kier alpha value is -0.620. The summed E-state index contributed by atoms with van der Waals surface area (Å²) in [7, 11) is 0. The van der Waals surface area contributed by atoms with Crippen LogP contribution >= 0.6 is 22.6 Å². The minimum absolute atomic E-state index is 0.337. The summed E-state index contributed by atoms with van der Waals surface area (Å²) in [6, 6.07) is 7.37. The van der Waals surface area contributed by atoms with E-state index in [4.69, 9.17) is 10.5 Å². The summed E-state index contributed by atoms with van der Waals surface area (Å²) >= 11 is 2.23. The number of rotatable bonds is 4. The van der Waals surface area contributed by atoms with Gasteiger partial charge in [0.05, 0.1) is 6.61 Å². The van der Waals surface area contributed by atoms with Crippen LogP contribution in [0.2, 0.25) is 0 Å². The van der Waals surface area contributed by atoms with Gasteiger partial charge in [-0.05, 0) is 53.6 Å². The Kier molecular flexibility index (Phi) is 5.04. The molecule has 0 radical (unpaired) electrons. The Bertz CT molecular complexity index is 324. The van der Waals surface area contributed by atoms with Gasteiger partial charge in [-0.2, -0.15) is 0 Å². The van der Waals surface area contributed by atoms with E-state index in [0.717, 1.165) is 5.56 Å². The summed E-state index contributed by atoms with van der Waals surface area (Å²) in [5, 5.41) is 0. The highest BCUT2D eigenvalue weighted by Crippen LogP contribution is 2.08. The van der Waals surface area contributed by atoms with E-state index in [-0.39, 0.29) is 5.97 Å². The molecular formula is C11H14INO2. The zero-order valence-corrected chi connectivity index (χ0v) is 10.7. The highest BCUT2D eigenvalue weighted by Gasteiger charge is 2.14. The molecule has 0 aliphatic carbocycles. The van der Waals surface area contributed by atoms with Crippen LogP contribution in [0.15, 0.2) is 24.3 Å². The van der Waals surface area contributed by atoms with E-state index in [1.165, 1.54) is 3.57 Å². The monoisotopic (exact) mass is 319 g/mol. The predicted octanol–water partition coefficient (Wildman–Crippen LogP) is 1.72. The van der Waals surface area contributed by atoms with Crippen LogP contribution in [-0.4, -0.2) is 18.6 Å². The number of benzene rings is 1. The zero-order chi connectivity index (χ0) is 11.3. The third-order valence-corrected chi connectivity index (χ3v) is 2.68. The van der Waals surface area contributed by atoms with Gasteiger partial charge in [0.15, 0.2) is 0 Å². The SMILES string of the molecule is CCOC(=O)[C@@H](N)Cc1ccc(I)cc1. The molecule has 0 saturated heterocycles. The first kappa shape index (κ1) is 12.4. The lowest BCUT2D eigenvalue weighted by molar-refractivity contribution is -0.144. The molecule has 0 aliphatic rings. The topological polar surface area (TPSA) is 52.3 Å². The van der Waals surface area contributed by atoms with E-state index >= 15 is 0 Å². The van der Waals surface area contributed by atoms with Gasteiger partial charge in [-0.3, -0.25) is 4.79 Å². The molecule has 1 rings (SSSR count). The average molecular weight is 319 g/mol. The molecule has 4 heteroatoms. The molecule has 1 atom stereocenters. The molecule has 2 N–H and O–H groups in total. The fourth-order valence-corrected chi connectivity index (χ4v) is 1.57. The van der Waals surface area contributed by atoms with Crippen molar-refractivity contribution in [1.82, 2.24) is 0 Å². The molecule has 0 unspecified atom stereocenters. The number of carbonyl (C=O) groups excluding carboxylic acids is 1. The van der Waals surface area contributed by atoms with Crippen LogP contribution in [-0.2, 0) is 16.0 Å². The van der Waals surface area contributed by atoms with Crippen molar-refractivity contribution in [2.24, 2.45) is 5.73 Å². The molecule has 3 nitrogen and oxygen atoms in total. The lowest BCUT2D eigenvalue weighted by Crippen LogP contribution is -2.34. The van der Waals surface area contributed by atoms with Crippen molar-refractivity contribution in [2.75, 3.05) is 6.61 Å². The fourth-order valence-electron chi connectivity index (χ4n) is 1.21. The van der Waals surface area contributed by atoms with E-state index < -0.39 is 6.04 Å². The zero-order valence-electron chi connectivity index (χ0n) is 8.57. The van der Waals surface area contributed by atoms with Gasteiger partial charge in [-0.15, -0.1) is 0 Å². The highest BCUT2D eigenvalue weighted by molar-refractivity contribution is 14.1. The molecule has 0 heterocycles. The number of esters is 1. The predicted molar refractivity (Wildman–Crippen MR) is 67.5 cm³/mol. The third kappa shape index (κ3) is 4.17. The average Bonchev–Trinajstić information content (AvgIpc) is 2.22. The number of carbonyl (C=O) groups is 1. The van der Waals surface area contributed by atoms with Crippen LogP contribution in [0.3, 0.4) is 0 Å². The van der Waals surface area contributed by atoms with Gasteiger partial charge in [0.2, 0.25) is 0 Å². The summed E-state index contributed by atoms with van der Waals surface area (Å²) in [5.41, 5.74) is 6.75. The molecule has 0 saturated carbocycles. The number of ether oxygens (including phenoxy) is 1. The molecule has 0 fully saturated rings. The smallest absolute Gasteiger partial charge is 0.323 e. The van der Waals surface area contributed by atoms with Crippen LogP contribution in [0.1, 0.15) is 12.5 Å². The largest absolute Gasteiger partial charge is 0.465 e. The molecule has 0 aliphatic heterocycles. The second-order valence-corrected chi connectivity index (χ2v) is 4.43. The Labute approximate surface area is 103 Å². The Morgan fingerprint density at radius 2 is 2.07 bits per heavy atom. The summed E-state index contributed by atoms with van der Waals surface area (Å²) in [6.45, 7) is 2.15. The van der Waals surface area contributed by atoms with Gasteiger partial charge >= 0.3 is 5.97 Å². The summed E-state index contributed by atoms with van der Waals surface area (Å²) in [5.74, 6) is -0.337. The van der Waals surface area contributed by atoms with E-state index in [1.807, 2.05) is 24.3 Å². The standard InChI is InChI=1S/C11H14INO2/c1-2-15-11(14)10(13)7-8-3-5-9(12)6-4-8/h3-6,10H,2,7,13H2,1H3/t10-/m0/s1. The first-order valence-corrected chi connectivity index (χ1v) is 5.88. The molecule has 1 aromatic carbocycles. The third-order valence-electron chi connectivity index (χ3n) is 1.96. The van der Waals surface area contributed by atoms with Crippen molar-refractivity contribution in [1.29, 1.82) is 0 Å². The highest BCUT2D eigenvalue weighted by atomic mass is 127. The summed E-state index contributed by atoms with van der Waals surface area (Å²) in [4.78, 5) is 11.3. The van der Waals surface area contributed by atoms with Gasteiger partial charge in [-0.25, -0.2) is 0 Å². The van der Waals surface area contributed by atoms with Crippen molar-refractivity contribution in [2.45, 2.75) is 19.4 Å². The molecule has 1 aromatic rings. The maximum atomic E-state index is 11.3. The maximum absolute atomic E-state index is 11.3. The lowest BCUT2D eigenvalue weighted by Gasteiger charge is -2.10. The van der Waals surface area contributed by atoms with Crippen LogP contribution in [0.4, 0.5) is 0 Å². The second-order valence-electron chi connectivity index (χ2n) is 3.19. The lowest BCUT2D eigenvalue weighted by atomic mass is 10.1. The number of hydrogen-bond donors (Lipinski definition) is 1. The van der Waals surface area contributed by atoms with Crippen molar-refractivity contribution >= 4 is 28.6 Å². The van der Waals surface area contributed by atoms with E-state index in [1.54, 1.807) is 6.92 Å². The van der Waals surface area contributed by atoms with Crippen LogP contribution in [0, 0.1) is 3.57 Å². The Morgan fingerprint density at radius 1 is 1.47 bits per heavy atom. The maximum Gasteiger partial charge on any atom is 0.323 e. The first-order chi connectivity index (χ1) is 7.13. The normalized spacial score (nSPS) is 12.2. The van der Waals surface area contributed by atoms with Crippen LogP contribution in [0.25, 0.3) is 0 Å². The van der Waals surface area contributed by atoms with E-state index in [2.05, 4.69) is 22.6 Å². The number of hydrogen-bond acceptors (Lipinski definition) is 3. The minimum atomic E-state index is -0.565. The van der Waals surface area contributed by atoms with Crippen molar-refractivity contribution < 1.29 is 9.53 Å². The van der Waals surface area contributed by atoms with Gasteiger partial charge < -0.3 is 10.5 Å². The molecule has 0 amide bonds. The van der Waals surface area contributed by atoms with Crippen LogP contribution < -0.4 is 5.73 Å². The fraction of sp³-hybridized carbons (Fsp3) is 0.364. The van der Waals surface area contributed by atoms with Gasteiger partial charge in [0.1, 0.15) is 6.04 Å². The Balaban J connectivity index is 2.54. The van der Waals surface area contributed by atoms with E-state index in [9.17, 15) is 4.79 Å². The number of halogens is 1. The quantitative estimate of drug-likeness (QED) is 0.679. The molecular weight excluding hydrogens is 305 g/mol. The summed E-state index contributed by atoms with van der Waals surface area (Å²) < 4.78 is 6.00. The van der Waals surface area contributed by atoms with Crippen molar-refractivity contribution in [3.8, 4) is 0 Å². The van der Waals surface area contributed by atoms with Crippen LogP contribution in [0.5, 0.6) is 0 Å². The first-order valence-electron chi connectivity index (χ1n) is 4.80. The molecule has 0 spiro atoms. The van der Waals surface area contributed by atoms with E-state index in [0.29, 0.717) is 13.0 Å². The van der Waals surface area contributed by atoms with Crippen molar-refractivity contribution in [3.63, 3.8) is 0 Å². The molecule has 0 bridgehead atoms. The van der Waals surface area contributed by atoms with Gasteiger partial charge in [-0.1, -0.05) is 12.1 Å².